The Balaban J connectivity index is 1.06. The van der Waals surface area contributed by atoms with Crippen LogP contribution in [0.15, 0.2) is 48.7 Å². The van der Waals surface area contributed by atoms with E-state index >= 15 is 0 Å². The number of piperidine rings is 1. The number of halogens is 2. The number of carbonyl (C=O) groups is 1. The molecule has 2 aromatic heterocycles. The Bertz CT molecular complexity index is 1550. The number of ether oxygens (including phenoxy) is 2. The van der Waals surface area contributed by atoms with Crippen LogP contribution < -0.4 is 14.8 Å². The van der Waals surface area contributed by atoms with Crippen LogP contribution in [0.4, 0.5) is 4.39 Å². The van der Waals surface area contributed by atoms with Crippen LogP contribution in [0.25, 0.3) is 11.0 Å². The Kier molecular flexibility index (Phi) is 8.00. The average Bonchev–Trinajstić information content (AvgIpc) is 3.27. The van der Waals surface area contributed by atoms with E-state index in [9.17, 15) is 14.3 Å². The van der Waals surface area contributed by atoms with Gasteiger partial charge in [-0.2, -0.15) is 4.98 Å². The van der Waals surface area contributed by atoms with Gasteiger partial charge in [0.15, 0.2) is 5.82 Å². The van der Waals surface area contributed by atoms with E-state index in [1.807, 2.05) is 0 Å². The highest BCUT2D eigenvalue weighted by Gasteiger charge is 2.25. The maximum Gasteiger partial charge on any atom is 0.335 e. The number of carboxylic acids is 1. The molecular weight excluding hydrogens is 551 g/mol. The fourth-order valence-corrected chi connectivity index (χ4v) is 5.38. The number of nitrogens with zero attached hydrogens (tertiary/aromatic N) is 5. The van der Waals surface area contributed by atoms with Crippen LogP contribution in [-0.2, 0) is 19.7 Å². The van der Waals surface area contributed by atoms with E-state index in [4.69, 9.17) is 26.1 Å². The molecule has 1 unspecified atom stereocenters. The minimum absolute atomic E-state index is 0.0116. The first-order valence-corrected chi connectivity index (χ1v) is 14.0. The average molecular weight is 581 g/mol. The van der Waals surface area contributed by atoms with E-state index < -0.39 is 11.8 Å². The molecule has 2 fully saturated rings. The number of likely N-dealkylation sites (tertiary alicyclic amines) is 1. The molecule has 0 aliphatic carbocycles. The molecule has 10 nitrogen and oxygen atoms in total. The molecule has 0 bridgehead atoms. The number of aromatic carboxylic acids is 1. The number of hydrogen-bond acceptors (Lipinski definition) is 8. The molecule has 0 saturated carbocycles. The largest absolute Gasteiger partial charge is 0.484 e. The van der Waals surface area contributed by atoms with Crippen molar-refractivity contribution in [2.45, 2.75) is 51.1 Å². The molecule has 12 heteroatoms. The summed E-state index contributed by atoms with van der Waals surface area (Å²) in [5, 5.41) is 13.1. The van der Waals surface area contributed by atoms with Crippen molar-refractivity contribution in [1.29, 1.82) is 0 Å². The third kappa shape index (κ3) is 6.42. The molecule has 1 atom stereocenters. The molecule has 0 radical (unpaired) electrons. The van der Waals surface area contributed by atoms with Gasteiger partial charge in [-0.25, -0.2) is 19.2 Å². The van der Waals surface area contributed by atoms with Gasteiger partial charge in [-0.05, 0) is 62.2 Å². The lowest BCUT2D eigenvalue weighted by atomic mass is 10.1. The van der Waals surface area contributed by atoms with Gasteiger partial charge in [0.1, 0.15) is 30.1 Å². The predicted molar refractivity (Wildman–Crippen MR) is 150 cm³/mol. The molecule has 2 aliphatic rings. The normalized spacial score (nSPS) is 17.9. The maximum absolute atomic E-state index is 13.3. The molecule has 2 aromatic carbocycles. The van der Waals surface area contributed by atoms with Crippen LogP contribution in [0.3, 0.4) is 0 Å². The third-order valence-electron chi connectivity index (χ3n) is 7.52. The third-order valence-corrected chi connectivity index (χ3v) is 7.82. The number of nitrogens with one attached hydrogen (secondary N) is 1. The maximum atomic E-state index is 13.3. The van der Waals surface area contributed by atoms with Gasteiger partial charge in [0.2, 0.25) is 5.88 Å². The van der Waals surface area contributed by atoms with Crippen LogP contribution >= 0.6 is 11.6 Å². The Hall–Kier alpha value is -3.80. The number of hydrogen-bond donors (Lipinski definition) is 2. The predicted octanol–water partition coefficient (Wildman–Crippen LogP) is 4.30. The summed E-state index contributed by atoms with van der Waals surface area (Å²) < 4.78 is 27.3. The number of fused-ring (bicyclic) bond motifs is 1. The molecular formula is C29H30ClFN6O4. The second kappa shape index (κ2) is 12.0. The van der Waals surface area contributed by atoms with Crippen molar-refractivity contribution in [3.63, 3.8) is 0 Å². The SMILES string of the molecule is O=C(O)c1ccc2nc(CN3CCC(Oc4ccnc(COc5ccc(F)cc5Cl)n4)CC3)n(CC3CCN3)c2c1. The molecule has 214 valence electrons. The van der Waals surface area contributed by atoms with Gasteiger partial charge in [0.05, 0.1) is 28.2 Å². The molecule has 41 heavy (non-hydrogen) atoms. The van der Waals surface area contributed by atoms with Crippen LogP contribution in [0.2, 0.25) is 5.02 Å². The molecule has 0 amide bonds. The topological polar surface area (TPSA) is 115 Å². The number of carboxylic acid groups (broad SMARTS) is 1. The van der Waals surface area contributed by atoms with Gasteiger partial charge in [-0.15, -0.1) is 0 Å². The van der Waals surface area contributed by atoms with Gasteiger partial charge in [-0.3, -0.25) is 4.90 Å². The van der Waals surface area contributed by atoms with Crippen LogP contribution in [0.1, 0.15) is 41.3 Å². The summed E-state index contributed by atoms with van der Waals surface area (Å²) in [5.41, 5.74) is 1.94. The van der Waals surface area contributed by atoms with E-state index in [0.29, 0.717) is 30.0 Å². The Morgan fingerprint density at radius 2 is 1.95 bits per heavy atom. The van der Waals surface area contributed by atoms with Crippen LogP contribution in [0, 0.1) is 5.82 Å². The van der Waals surface area contributed by atoms with Crippen molar-refractivity contribution in [1.82, 2.24) is 29.7 Å². The van der Waals surface area contributed by atoms with Crippen molar-refractivity contribution in [3.05, 3.63) is 76.7 Å². The first-order chi connectivity index (χ1) is 19.9. The summed E-state index contributed by atoms with van der Waals surface area (Å²) >= 11 is 6.03. The molecule has 2 N–H and O–H groups in total. The zero-order chi connectivity index (χ0) is 28.3. The van der Waals surface area contributed by atoms with Crippen molar-refractivity contribution in [2.24, 2.45) is 0 Å². The highest BCUT2D eigenvalue weighted by atomic mass is 35.5. The van der Waals surface area contributed by atoms with E-state index in [0.717, 1.165) is 62.3 Å². The van der Waals surface area contributed by atoms with Gasteiger partial charge in [-0.1, -0.05) is 11.6 Å². The van der Waals surface area contributed by atoms with Crippen LogP contribution in [0.5, 0.6) is 11.6 Å². The summed E-state index contributed by atoms with van der Waals surface area (Å²) in [6, 6.07) is 11.2. The standard InChI is InChI=1S/C29H30ClFN6O4/c30-22-14-19(31)2-4-25(22)40-17-26-33-10-6-28(35-26)41-21-7-11-36(12-8-21)16-27-34-23-3-1-18(29(38)39)13-24(23)37(27)15-20-5-9-32-20/h1-4,6,10,13-14,20-21,32H,5,7-9,11-12,15-17H2,(H,38,39). The summed E-state index contributed by atoms with van der Waals surface area (Å²) in [5.74, 6) is 0.842. The lowest BCUT2D eigenvalue weighted by Crippen LogP contribution is -2.46. The number of aromatic nitrogens is 4. The van der Waals surface area contributed by atoms with Crippen molar-refractivity contribution in [2.75, 3.05) is 19.6 Å². The number of imidazole rings is 1. The molecule has 4 aromatic rings. The highest BCUT2D eigenvalue weighted by Crippen LogP contribution is 2.26. The monoisotopic (exact) mass is 580 g/mol. The zero-order valence-electron chi connectivity index (χ0n) is 22.3. The number of rotatable bonds is 10. The second-order valence-corrected chi connectivity index (χ2v) is 10.8. The number of benzene rings is 2. The summed E-state index contributed by atoms with van der Waals surface area (Å²) in [4.78, 5) is 27.5. The highest BCUT2D eigenvalue weighted by molar-refractivity contribution is 6.32. The van der Waals surface area contributed by atoms with E-state index in [1.165, 1.54) is 18.2 Å². The second-order valence-electron chi connectivity index (χ2n) is 10.4. The van der Waals surface area contributed by atoms with Gasteiger partial charge >= 0.3 is 5.97 Å². The Morgan fingerprint density at radius 1 is 1.12 bits per heavy atom. The van der Waals surface area contributed by atoms with E-state index in [1.54, 1.807) is 30.5 Å². The van der Waals surface area contributed by atoms with Crippen LogP contribution in [-0.4, -0.2) is 67.3 Å². The minimum Gasteiger partial charge on any atom is -0.484 e. The molecule has 4 heterocycles. The smallest absolute Gasteiger partial charge is 0.335 e. The first-order valence-electron chi connectivity index (χ1n) is 13.7. The van der Waals surface area contributed by atoms with Crippen molar-refractivity contribution < 1.29 is 23.8 Å². The lowest BCUT2D eigenvalue weighted by molar-refractivity contribution is 0.0697. The quantitative estimate of drug-likeness (QED) is 0.283. The lowest BCUT2D eigenvalue weighted by Gasteiger charge is -2.32. The minimum atomic E-state index is -0.939. The van der Waals surface area contributed by atoms with Gasteiger partial charge in [0, 0.05) is 37.9 Å². The van der Waals surface area contributed by atoms with Gasteiger partial charge in [0.25, 0.3) is 0 Å². The fourth-order valence-electron chi connectivity index (χ4n) is 5.16. The molecule has 0 spiro atoms. The summed E-state index contributed by atoms with van der Waals surface area (Å²) in [7, 11) is 0. The fraction of sp³-hybridized carbons (Fsp3) is 0.379. The first kappa shape index (κ1) is 27.4. The molecule has 2 aliphatic heterocycles. The molecule has 6 rings (SSSR count). The van der Waals surface area contributed by atoms with Crippen molar-refractivity contribution >= 4 is 28.6 Å². The summed E-state index contributed by atoms with van der Waals surface area (Å²) in [6.45, 7) is 4.19. The zero-order valence-corrected chi connectivity index (χ0v) is 23.1. The van der Waals surface area contributed by atoms with E-state index in [2.05, 4.69) is 24.8 Å². The van der Waals surface area contributed by atoms with Gasteiger partial charge < -0.3 is 24.5 Å². The Labute approximate surface area is 241 Å². The summed E-state index contributed by atoms with van der Waals surface area (Å²) in [6.07, 6.45) is 4.39. The Morgan fingerprint density at radius 3 is 2.68 bits per heavy atom. The van der Waals surface area contributed by atoms with E-state index in [-0.39, 0.29) is 23.3 Å². The van der Waals surface area contributed by atoms with Crippen molar-refractivity contribution in [3.8, 4) is 11.6 Å². The molecule has 2 saturated heterocycles.